The molecule has 0 saturated carbocycles. The van der Waals surface area contributed by atoms with Crippen LogP contribution < -0.4 is 10.6 Å². The van der Waals surface area contributed by atoms with Gasteiger partial charge in [-0.25, -0.2) is 4.98 Å². The van der Waals surface area contributed by atoms with E-state index in [1.807, 2.05) is 42.5 Å². The monoisotopic (exact) mass is 290 g/mol. The van der Waals surface area contributed by atoms with Crippen molar-refractivity contribution in [2.75, 3.05) is 17.2 Å². The Morgan fingerprint density at radius 1 is 1.05 bits per heavy atom. The Morgan fingerprint density at radius 2 is 1.82 bits per heavy atom. The van der Waals surface area contributed by atoms with Crippen molar-refractivity contribution < 1.29 is 0 Å². The van der Waals surface area contributed by atoms with Gasteiger partial charge in [0.25, 0.3) is 0 Å². The number of hydrogen-bond donors (Lipinski definition) is 2. The summed E-state index contributed by atoms with van der Waals surface area (Å²) >= 11 is 0. The molecule has 0 radical (unpaired) electrons. The van der Waals surface area contributed by atoms with Crippen LogP contribution >= 0.6 is 0 Å². The molecule has 110 valence electrons. The van der Waals surface area contributed by atoms with E-state index in [1.54, 1.807) is 0 Å². The smallest absolute Gasteiger partial charge is 0.229 e. The predicted molar refractivity (Wildman–Crippen MR) is 92.7 cm³/mol. The third-order valence-corrected chi connectivity index (χ3v) is 3.32. The van der Waals surface area contributed by atoms with Gasteiger partial charge in [0.1, 0.15) is 5.82 Å². The van der Waals surface area contributed by atoms with E-state index in [4.69, 9.17) is 0 Å². The quantitative estimate of drug-likeness (QED) is 0.689. The molecule has 0 atom stereocenters. The first kappa shape index (κ1) is 14.1. The minimum absolute atomic E-state index is 0.578. The maximum Gasteiger partial charge on any atom is 0.229 e. The van der Waals surface area contributed by atoms with Crippen molar-refractivity contribution in [2.24, 2.45) is 0 Å². The summed E-state index contributed by atoms with van der Waals surface area (Å²) in [5, 5.41) is 7.51. The van der Waals surface area contributed by atoms with Crippen molar-refractivity contribution >= 4 is 28.4 Å². The second-order valence-electron chi connectivity index (χ2n) is 5.07. The molecule has 1 heterocycles. The van der Waals surface area contributed by atoms with E-state index >= 15 is 0 Å². The number of aromatic nitrogens is 2. The Hall–Kier alpha value is -2.88. The molecular weight excluding hydrogens is 272 g/mol. The SMILES string of the molecule is C=CCNc1nc(Nc2ccc(C)cc2)nc2ccccc12. The molecular formula is C18H18N4. The van der Waals surface area contributed by atoms with Gasteiger partial charge in [0.2, 0.25) is 5.95 Å². The van der Waals surface area contributed by atoms with Crippen LogP contribution in [-0.4, -0.2) is 16.5 Å². The zero-order valence-corrected chi connectivity index (χ0v) is 12.5. The molecule has 0 fully saturated rings. The van der Waals surface area contributed by atoms with E-state index in [-0.39, 0.29) is 0 Å². The normalized spacial score (nSPS) is 10.4. The summed E-state index contributed by atoms with van der Waals surface area (Å²) in [4.78, 5) is 9.15. The van der Waals surface area contributed by atoms with Crippen LogP contribution in [-0.2, 0) is 0 Å². The van der Waals surface area contributed by atoms with Crippen LogP contribution in [0, 0.1) is 6.92 Å². The number of nitrogens with zero attached hydrogens (tertiary/aromatic N) is 2. The number of benzene rings is 2. The van der Waals surface area contributed by atoms with Crippen molar-refractivity contribution in [1.29, 1.82) is 0 Å². The van der Waals surface area contributed by atoms with Gasteiger partial charge in [-0.2, -0.15) is 4.98 Å². The van der Waals surface area contributed by atoms with Gasteiger partial charge in [0, 0.05) is 17.6 Å². The third kappa shape index (κ3) is 3.06. The molecule has 0 amide bonds. The van der Waals surface area contributed by atoms with Gasteiger partial charge >= 0.3 is 0 Å². The molecule has 22 heavy (non-hydrogen) atoms. The summed E-state index contributed by atoms with van der Waals surface area (Å²) in [6, 6.07) is 16.1. The van der Waals surface area contributed by atoms with Gasteiger partial charge in [0.15, 0.2) is 0 Å². The Kier molecular flexibility index (Phi) is 4.01. The average molecular weight is 290 g/mol. The van der Waals surface area contributed by atoms with Crippen LogP contribution in [0.15, 0.2) is 61.2 Å². The number of hydrogen-bond acceptors (Lipinski definition) is 4. The zero-order valence-electron chi connectivity index (χ0n) is 12.5. The number of aryl methyl sites for hydroxylation is 1. The molecule has 0 saturated heterocycles. The maximum atomic E-state index is 4.58. The fourth-order valence-electron chi connectivity index (χ4n) is 2.20. The lowest BCUT2D eigenvalue weighted by Crippen LogP contribution is -2.05. The zero-order chi connectivity index (χ0) is 15.4. The average Bonchev–Trinajstić information content (AvgIpc) is 2.55. The van der Waals surface area contributed by atoms with Crippen molar-refractivity contribution in [1.82, 2.24) is 9.97 Å². The largest absolute Gasteiger partial charge is 0.366 e. The summed E-state index contributed by atoms with van der Waals surface area (Å²) in [5.74, 6) is 1.38. The lowest BCUT2D eigenvalue weighted by Gasteiger charge is -2.11. The van der Waals surface area contributed by atoms with E-state index in [0.717, 1.165) is 22.4 Å². The molecule has 0 aliphatic rings. The highest BCUT2D eigenvalue weighted by molar-refractivity contribution is 5.90. The predicted octanol–water partition coefficient (Wildman–Crippen LogP) is 4.28. The first-order chi connectivity index (χ1) is 10.8. The minimum Gasteiger partial charge on any atom is -0.366 e. The van der Waals surface area contributed by atoms with Crippen molar-refractivity contribution in [3.05, 3.63) is 66.7 Å². The second kappa shape index (κ2) is 6.26. The van der Waals surface area contributed by atoms with Crippen molar-refractivity contribution in [3.63, 3.8) is 0 Å². The first-order valence-electron chi connectivity index (χ1n) is 7.21. The van der Waals surface area contributed by atoms with Gasteiger partial charge in [-0.05, 0) is 31.2 Å². The molecule has 0 aliphatic heterocycles. The molecule has 0 bridgehead atoms. The molecule has 3 rings (SSSR count). The molecule has 2 N–H and O–H groups in total. The lowest BCUT2D eigenvalue weighted by molar-refractivity contribution is 1.18. The molecule has 1 aromatic heterocycles. The number of para-hydroxylation sites is 1. The molecule has 0 unspecified atom stereocenters. The standard InChI is InChI=1S/C18H18N4/c1-3-12-19-17-15-6-4-5-7-16(15)21-18(22-17)20-14-10-8-13(2)9-11-14/h3-11H,1,12H2,2H3,(H2,19,20,21,22). The summed E-state index contributed by atoms with van der Waals surface area (Å²) < 4.78 is 0. The Morgan fingerprint density at radius 3 is 2.59 bits per heavy atom. The Balaban J connectivity index is 1.98. The fraction of sp³-hybridized carbons (Fsp3) is 0.111. The summed E-state index contributed by atoms with van der Waals surface area (Å²) in [6.07, 6.45) is 1.81. The van der Waals surface area contributed by atoms with Crippen LogP contribution in [0.2, 0.25) is 0 Å². The molecule has 4 heteroatoms. The molecule has 4 nitrogen and oxygen atoms in total. The van der Waals surface area contributed by atoms with E-state index in [0.29, 0.717) is 12.5 Å². The third-order valence-electron chi connectivity index (χ3n) is 3.32. The van der Waals surface area contributed by atoms with Gasteiger partial charge in [0.05, 0.1) is 5.52 Å². The first-order valence-corrected chi connectivity index (χ1v) is 7.21. The van der Waals surface area contributed by atoms with Crippen LogP contribution in [0.3, 0.4) is 0 Å². The molecule has 3 aromatic rings. The van der Waals surface area contributed by atoms with Gasteiger partial charge in [-0.1, -0.05) is 35.9 Å². The number of anilines is 3. The van der Waals surface area contributed by atoms with E-state index < -0.39 is 0 Å². The highest BCUT2D eigenvalue weighted by Crippen LogP contribution is 2.23. The van der Waals surface area contributed by atoms with Gasteiger partial charge in [-0.3, -0.25) is 0 Å². The van der Waals surface area contributed by atoms with Gasteiger partial charge in [-0.15, -0.1) is 6.58 Å². The summed E-state index contributed by atoms with van der Waals surface area (Å²) in [7, 11) is 0. The van der Waals surface area contributed by atoms with Crippen LogP contribution in [0.25, 0.3) is 10.9 Å². The fourth-order valence-corrected chi connectivity index (χ4v) is 2.20. The van der Waals surface area contributed by atoms with E-state index in [1.165, 1.54) is 5.56 Å². The maximum absolute atomic E-state index is 4.58. The molecule has 0 spiro atoms. The minimum atomic E-state index is 0.578. The van der Waals surface area contributed by atoms with E-state index in [9.17, 15) is 0 Å². The highest BCUT2D eigenvalue weighted by Gasteiger charge is 2.07. The van der Waals surface area contributed by atoms with Crippen molar-refractivity contribution in [3.8, 4) is 0 Å². The summed E-state index contributed by atoms with van der Waals surface area (Å²) in [5.41, 5.74) is 3.09. The highest BCUT2D eigenvalue weighted by atomic mass is 15.1. The number of fused-ring (bicyclic) bond motifs is 1. The van der Waals surface area contributed by atoms with Gasteiger partial charge < -0.3 is 10.6 Å². The molecule has 0 aliphatic carbocycles. The topological polar surface area (TPSA) is 49.8 Å². The Bertz CT molecular complexity index is 794. The second-order valence-corrected chi connectivity index (χ2v) is 5.07. The number of rotatable bonds is 5. The lowest BCUT2D eigenvalue weighted by atomic mass is 10.2. The van der Waals surface area contributed by atoms with E-state index in [2.05, 4.69) is 46.2 Å². The molecule has 2 aromatic carbocycles. The van der Waals surface area contributed by atoms with Crippen LogP contribution in [0.1, 0.15) is 5.56 Å². The van der Waals surface area contributed by atoms with Crippen LogP contribution in [0.5, 0.6) is 0 Å². The Labute approximate surface area is 129 Å². The summed E-state index contributed by atoms with van der Waals surface area (Å²) in [6.45, 7) is 6.45. The van der Waals surface area contributed by atoms with Crippen LogP contribution in [0.4, 0.5) is 17.5 Å². The van der Waals surface area contributed by atoms with Crippen molar-refractivity contribution in [2.45, 2.75) is 6.92 Å². The number of nitrogens with one attached hydrogen (secondary N) is 2.